The molecule has 2 aromatic carbocycles. The van der Waals surface area contributed by atoms with E-state index in [2.05, 4.69) is 0 Å². The second-order valence-corrected chi connectivity index (χ2v) is 6.28. The lowest BCUT2D eigenvalue weighted by Crippen LogP contribution is -2.40. The highest BCUT2D eigenvalue weighted by molar-refractivity contribution is 5.82. The lowest BCUT2D eigenvalue weighted by Gasteiger charge is -2.33. The number of piperidine rings is 1. The number of aromatic hydroxyl groups is 2. The molecule has 132 valence electrons. The van der Waals surface area contributed by atoms with Crippen LogP contribution in [0.4, 0.5) is 4.39 Å². The maximum atomic E-state index is 13.6. The molecule has 0 aliphatic carbocycles. The Balaban J connectivity index is 1.66. The van der Waals surface area contributed by atoms with E-state index >= 15 is 0 Å². The standard InChI is InChI=1S/C19H20FNO4/c20-15-10-14(16(22)11-17(15)23)12-6-8-21(9-7-12)19(25)18(24)13-4-2-1-3-5-13/h1-5,10-12,18,22-24H,6-9H2. The molecule has 1 unspecified atom stereocenters. The Morgan fingerprint density at radius 3 is 2.36 bits per heavy atom. The van der Waals surface area contributed by atoms with Gasteiger partial charge in [0.2, 0.25) is 0 Å². The van der Waals surface area contributed by atoms with E-state index in [1.54, 1.807) is 29.2 Å². The number of likely N-dealkylation sites (tertiary alicyclic amines) is 1. The van der Waals surface area contributed by atoms with Gasteiger partial charge in [0.1, 0.15) is 5.75 Å². The summed E-state index contributed by atoms with van der Waals surface area (Å²) in [5.41, 5.74) is 0.985. The van der Waals surface area contributed by atoms with Crippen LogP contribution < -0.4 is 0 Å². The average molecular weight is 345 g/mol. The van der Waals surface area contributed by atoms with E-state index in [9.17, 15) is 24.5 Å². The number of aliphatic hydroxyl groups is 1. The van der Waals surface area contributed by atoms with Gasteiger partial charge in [-0.3, -0.25) is 4.79 Å². The highest BCUT2D eigenvalue weighted by atomic mass is 19.1. The number of rotatable bonds is 3. The van der Waals surface area contributed by atoms with E-state index < -0.39 is 17.7 Å². The normalized spacial score (nSPS) is 16.6. The molecule has 1 saturated heterocycles. The molecule has 6 heteroatoms. The van der Waals surface area contributed by atoms with Crippen LogP contribution in [-0.4, -0.2) is 39.2 Å². The Hall–Kier alpha value is -2.60. The molecule has 0 spiro atoms. The molecule has 0 bridgehead atoms. The van der Waals surface area contributed by atoms with Crippen molar-refractivity contribution >= 4 is 5.91 Å². The van der Waals surface area contributed by atoms with Gasteiger partial charge in [-0.05, 0) is 30.4 Å². The van der Waals surface area contributed by atoms with E-state index in [4.69, 9.17) is 0 Å². The fourth-order valence-corrected chi connectivity index (χ4v) is 3.25. The van der Waals surface area contributed by atoms with Crippen molar-refractivity contribution in [1.82, 2.24) is 4.90 Å². The van der Waals surface area contributed by atoms with Gasteiger partial charge in [-0.2, -0.15) is 0 Å². The van der Waals surface area contributed by atoms with Crippen molar-refractivity contribution in [1.29, 1.82) is 0 Å². The Labute approximate surface area is 145 Å². The summed E-state index contributed by atoms with van der Waals surface area (Å²) >= 11 is 0. The maximum Gasteiger partial charge on any atom is 0.256 e. The van der Waals surface area contributed by atoms with Crippen LogP contribution >= 0.6 is 0 Å². The summed E-state index contributed by atoms with van der Waals surface area (Å²) in [7, 11) is 0. The van der Waals surface area contributed by atoms with Gasteiger partial charge in [-0.1, -0.05) is 30.3 Å². The minimum absolute atomic E-state index is 0.104. The first-order chi connectivity index (χ1) is 12.0. The number of hydrogen-bond donors (Lipinski definition) is 3. The third-order valence-electron chi connectivity index (χ3n) is 4.69. The molecule has 0 aromatic heterocycles. The summed E-state index contributed by atoms with van der Waals surface area (Å²) in [4.78, 5) is 14.0. The lowest BCUT2D eigenvalue weighted by atomic mass is 9.88. The van der Waals surface area contributed by atoms with Crippen molar-refractivity contribution in [3.8, 4) is 11.5 Å². The molecule has 0 radical (unpaired) electrons. The predicted octanol–water partition coefficient (Wildman–Crippen LogP) is 2.68. The molecular weight excluding hydrogens is 325 g/mol. The van der Waals surface area contributed by atoms with Crippen LogP contribution in [0.5, 0.6) is 11.5 Å². The topological polar surface area (TPSA) is 81.0 Å². The number of halogens is 1. The molecule has 3 N–H and O–H groups in total. The van der Waals surface area contributed by atoms with Crippen molar-refractivity contribution in [3.05, 3.63) is 59.4 Å². The first-order valence-electron chi connectivity index (χ1n) is 8.20. The van der Waals surface area contributed by atoms with Gasteiger partial charge in [0.05, 0.1) is 0 Å². The zero-order valence-electron chi connectivity index (χ0n) is 13.6. The third kappa shape index (κ3) is 3.58. The number of nitrogens with zero attached hydrogens (tertiary/aromatic N) is 1. The maximum absolute atomic E-state index is 13.6. The van der Waals surface area contributed by atoms with E-state index in [0.717, 1.165) is 12.1 Å². The zero-order chi connectivity index (χ0) is 18.0. The fourth-order valence-electron chi connectivity index (χ4n) is 3.25. The smallest absolute Gasteiger partial charge is 0.256 e. The molecule has 3 rings (SSSR count). The van der Waals surface area contributed by atoms with Gasteiger partial charge in [0.15, 0.2) is 17.7 Å². The van der Waals surface area contributed by atoms with Gasteiger partial charge in [-0.25, -0.2) is 4.39 Å². The lowest BCUT2D eigenvalue weighted by molar-refractivity contribution is -0.141. The van der Waals surface area contributed by atoms with Crippen LogP contribution in [0.2, 0.25) is 0 Å². The predicted molar refractivity (Wildman–Crippen MR) is 89.7 cm³/mol. The van der Waals surface area contributed by atoms with E-state index in [-0.39, 0.29) is 17.6 Å². The van der Waals surface area contributed by atoms with Crippen LogP contribution in [0.1, 0.15) is 36.0 Å². The third-order valence-corrected chi connectivity index (χ3v) is 4.69. The summed E-state index contributed by atoms with van der Waals surface area (Å²) in [5, 5.41) is 29.5. The Bertz CT molecular complexity index is 758. The number of hydrogen-bond acceptors (Lipinski definition) is 4. The van der Waals surface area contributed by atoms with Crippen molar-refractivity contribution < 1.29 is 24.5 Å². The molecule has 25 heavy (non-hydrogen) atoms. The fraction of sp³-hybridized carbons (Fsp3) is 0.316. The first kappa shape index (κ1) is 17.2. The average Bonchev–Trinajstić information content (AvgIpc) is 2.64. The van der Waals surface area contributed by atoms with Crippen LogP contribution in [-0.2, 0) is 4.79 Å². The van der Waals surface area contributed by atoms with Crippen molar-refractivity contribution in [2.24, 2.45) is 0 Å². The molecule has 2 aromatic rings. The monoisotopic (exact) mass is 345 g/mol. The number of amides is 1. The SMILES string of the molecule is O=C(C(O)c1ccccc1)N1CCC(c2cc(F)c(O)cc2O)CC1. The number of phenols is 2. The van der Waals surface area contributed by atoms with Gasteiger partial charge >= 0.3 is 0 Å². The molecule has 1 aliphatic heterocycles. The number of phenolic OH excluding ortho intramolecular Hbond substituents is 2. The number of benzene rings is 2. The highest BCUT2D eigenvalue weighted by Crippen LogP contribution is 2.37. The Morgan fingerprint density at radius 1 is 1.08 bits per heavy atom. The molecular formula is C19H20FNO4. The second kappa shape index (κ2) is 7.11. The van der Waals surface area contributed by atoms with Gasteiger partial charge in [0.25, 0.3) is 5.91 Å². The van der Waals surface area contributed by atoms with Crippen molar-refractivity contribution in [3.63, 3.8) is 0 Å². The highest BCUT2D eigenvalue weighted by Gasteiger charge is 2.29. The van der Waals surface area contributed by atoms with E-state index in [0.29, 0.717) is 37.1 Å². The molecule has 1 amide bonds. The summed E-state index contributed by atoms with van der Waals surface area (Å²) < 4.78 is 13.6. The summed E-state index contributed by atoms with van der Waals surface area (Å²) in [6.45, 7) is 0.824. The minimum Gasteiger partial charge on any atom is -0.508 e. The Kier molecular flexibility index (Phi) is 4.90. The summed E-state index contributed by atoms with van der Waals surface area (Å²) in [6.07, 6.45) is -0.104. The minimum atomic E-state index is -1.20. The molecule has 1 heterocycles. The molecule has 0 saturated carbocycles. The van der Waals surface area contributed by atoms with Gasteiger partial charge in [-0.15, -0.1) is 0 Å². The van der Waals surface area contributed by atoms with Gasteiger partial charge < -0.3 is 20.2 Å². The first-order valence-corrected chi connectivity index (χ1v) is 8.20. The molecule has 5 nitrogen and oxygen atoms in total. The zero-order valence-corrected chi connectivity index (χ0v) is 13.6. The van der Waals surface area contributed by atoms with Gasteiger partial charge in [0, 0.05) is 24.7 Å². The summed E-state index contributed by atoms with van der Waals surface area (Å²) in [6, 6.07) is 10.9. The molecule has 1 aliphatic rings. The van der Waals surface area contributed by atoms with Crippen molar-refractivity contribution in [2.75, 3.05) is 13.1 Å². The number of aliphatic hydroxyl groups excluding tert-OH is 1. The van der Waals surface area contributed by atoms with E-state index in [1.807, 2.05) is 6.07 Å². The number of carbonyl (C=O) groups is 1. The van der Waals surface area contributed by atoms with Crippen LogP contribution in [0, 0.1) is 5.82 Å². The Morgan fingerprint density at radius 2 is 1.72 bits per heavy atom. The van der Waals surface area contributed by atoms with Crippen molar-refractivity contribution in [2.45, 2.75) is 24.9 Å². The van der Waals surface area contributed by atoms with E-state index in [1.165, 1.54) is 0 Å². The van der Waals surface area contributed by atoms with Crippen LogP contribution in [0.25, 0.3) is 0 Å². The quantitative estimate of drug-likeness (QED) is 0.799. The van der Waals surface area contributed by atoms with Crippen LogP contribution in [0.15, 0.2) is 42.5 Å². The van der Waals surface area contributed by atoms with Crippen LogP contribution in [0.3, 0.4) is 0 Å². The largest absolute Gasteiger partial charge is 0.508 e. The molecule has 1 fully saturated rings. The second-order valence-electron chi connectivity index (χ2n) is 6.28. The number of carbonyl (C=O) groups excluding carboxylic acids is 1. The summed E-state index contributed by atoms with van der Waals surface area (Å²) in [5.74, 6) is -1.96. The molecule has 1 atom stereocenters.